The van der Waals surface area contributed by atoms with E-state index in [1.165, 1.54) is 5.56 Å². The Bertz CT molecular complexity index is 775. The number of anilines is 2. The van der Waals surface area contributed by atoms with Crippen molar-refractivity contribution < 1.29 is 4.79 Å². The monoisotopic (exact) mass is 389 g/mol. The Hall–Kier alpha value is -1.69. The number of aryl methyl sites for hydroxylation is 1. The first-order chi connectivity index (χ1) is 12.5. The number of carbonyl (C=O) groups excluding carboxylic acids is 1. The van der Waals surface area contributed by atoms with Crippen molar-refractivity contribution in [3.05, 3.63) is 53.1 Å². The fraction of sp³-hybridized carbons (Fsp3) is 0.350. The summed E-state index contributed by atoms with van der Waals surface area (Å²) in [6.45, 7) is 5.97. The van der Waals surface area contributed by atoms with Crippen LogP contribution in [0.3, 0.4) is 0 Å². The van der Waals surface area contributed by atoms with Crippen molar-refractivity contribution >= 4 is 40.6 Å². The van der Waals surface area contributed by atoms with Crippen LogP contribution in [0.1, 0.15) is 5.56 Å². The number of halogens is 1. The van der Waals surface area contributed by atoms with Crippen molar-refractivity contribution in [1.29, 1.82) is 0 Å². The molecule has 0 radical (unpaired) electrons. The van der Waals surface area contributed by atoms with Gasteiger partial charge < -0.3 is 15.1 Å². The fourth-order valence-corrected chi connectivity index (χ4v) is 3.98. The fourth-order valence-electron chi connectivity index (χ4n) is 2.98. The molecule has 1 amide bonds. The minimum Gasteiger partial charge on any atom is -0.367 e. The van der Waals surface area contributed by atoms with Crippen molar-refractivity contribution in [2.45, 2.75) is 11.8 Å². The summed E-state index contributed by atoms with van der Waals surface area (Å²) >= 11 is 7.73. The SMILES string of the molecule is Cc1ccccc1SCC(=O)Nc1cc(Cl)ccc1N1CCN(C)CC1. The van der Waals surface area contributed by atoms with Gasteiger partial charge in [0.2, 0.25) is 5.91 Å². The number of nitrogens with one attached hydrogen (secondary N) is 1. The summed E-state index contributed by atoms with van der Waals surface area (Å²) < 4.78 is 0. The smallest absolute Gasteiger partial charge is 0.234 e. The molecule has 1 heterocycles. The third kappa shape index (κ3) is 4.93. The van der Waals surface area contributed by atoms with E-state index in [0.717, 1.165) is 42.4 Å². The van der Waals surface area contributed by atoms with Gasteiger partial charge in [-0.1, -0.05) is 29.8 Å². The summed E-state index contributed by atoms with van der Waals surface area (Å²) in [5.74, 6) is 0.357. The molecule has 0 bridgehead atoms. The van der Waals surface area contributed by atoms with Gasteiger partial charge in [-0.3, -0.25) is 4.79 Å². The average molecular weight is 390 g/mol. The van der Waals surface area contributed by atoms with E-state index in [1.807, 2.05) is 36.4 Å². The molecule has 0 aromatic heterocycles. The second-order valence-electron chi connectivity index (χ2n) is 6.55. The van der Waals surface area contributed by atoms with Crippen LogP contribution in [-0.4, -0.2) is 49.8 Å². The zero-order valence-corrected chi connectivity index (χ0v) is 16.7. The quantitative estimate of drug-likeness (QED) is 0.780. The minimum atomic E-state index is -0.0177. The lowest BCUT2D eigenvalue weighted by atomic mass is 10.2. The minimum absolute atomic E-state index is 0.0177. The summed E-state index contributed by atoms with van der Waals surface area (Å²) in [5.41, 5.74) is 3.01. The molecule has 0 atom stereocenters. The number of benzene rings is 2. The topological polar surface area (TPSA) is 35.6 Å². The molecule has 3 rings (SSSR count). The molecule has 2 aromatic rings. The standard InChI is InChI=1S/C20H24ClN3OS/c1-15-5-3-4-6-19(15)26-14-20(25)22-17-13-16(21)7-8-18(17)24-11-9-23(2)10-12-24/h3-8,13H,9-12,14H2,1-2H3,(H,22,25). The van der Waals surface area contributed by atoms with E-state index < -0.39 is 0 Å². The van der Waals surface area contributed by atoms with E-state index in [1.54, 1.807) is 11.8 Å². The summed E-state index contributed by atoms with van der Waals surface area (Å²) in [7, 11) is 2.13. The molecule has 0 spiro atoms. The van der Waals surface area contributed by atoms with Crippen molar-refractivity contribution in [3.63, 3.8) is 0 Å². The molecule has 0 saturated carbocycles. The van der Waals surface area contributed by atoms with E-state index >= 15 is 0 Å². The Morgan fingerprint density at radius 3 is 2.62 bits per heavy atom. The van der Waals surface area contributed by atoms with Crippen molar-refractivity contribution in [2.24, 2.45) is 0 Å². The highest BCUT2D eigenvalue weighted by Gasteiger charge is 2.18. The van der Waals surface area contributed by atoms with Gasteiger partial charge in [-0.25, -0.2) is 0 Å². The van der Waals surface area contributed by atoms with Gasteiger partial charge in [0.1, 0.15) is 0 Å². The number of piperazine rings is 1. The molecule has 1 aliphatic heterocycles. The maximum Gasteiger partial charge on any atom is 0.234 e. The van der Waals surface area contributed by atoms with Crippen molar-refractivity contribution in [2.75, 3.05) is 49.2 Å². The molecule has 1 aliphatic rings. The van der Waals surface area contributed by atoms with Crippen LogP contribution in [-0.2, 0) is 4.79 Å². The van der Waals surface area contributed by atoms with Gasteiger partial charge in [-0.05, 0) is 43.8 Å². The van der Waals surface area contributed by atoms with E-state index in [4.69, 9.17) is 11.6 Å². The van der Waals surface area contributed by atoms with Crippen molar-refractivity contribution in [3.8, 4) is 0 Å². The van der Waals surface area contributed by atoms with Crippen LogP contribution in [0.4, 0.5) is 11.4 Å². The highest BCUT2D eigenvalue weighted by Crippen LogP contribution is 2.30. The average Bonchev–Trinajstić information content (AvgIpc) is 2.62. The number of nitrogens with zero attached hydrogens (tertiary/aromatic N) is 2. The summed E-state index contributed by atoms with van der Waals surface area (Å²) in [5, 5.41) is 3.68. The number of likely N-dealkylation sites (N-methyl/N-ethyl adjacent to an activating group) is 1. The molecular weight excluding hydrogens is 366 g/mol. The molecule has 26 heavy (non-hydrogen) atoms. The Balaban J connectivity index is 1.67. The van der Waals surface area contributed by atoms with Crippen LogP contribution in [0.2, 0.25) is 5.02 Å². The second-order valence-corrected chi connectivity index (χ2v) is 8.01. The number of hydrogen-bond acceptors (Lipinski definition) is 4. The molecule has 6 heteroatoms. The maximum absolute atomic E-state index is 12.5. The summed E-state index contributed by atoms with van der Waals surface area (Å²) in [4.78, 5) is 18.2. The molecular formula is C20H24ClN3OS. The van der Waals surface area contributed by atoms with Crippen LogP contribution in [0, 0.1) is 6.92 Å². The number of thioether (sulfide) groups is 1. The first-order valence-corrected chi connectivity index (χ1v) is 10.1. The van der Waals surface area contributed by atoms with Crippen LogP contribution in [0.15, 0.2) is 47.4 Å². The molecule has 1 fully saturated rings. The Morgan fingerprint density at radius 1 is 1.15 bits per heavy atom. The molecule has 138 valence electrons. The van der Waals surface area contributed by atoms with Gasteiger partial charge in [0, 0.05) is 36.1 Å². The number of amides is 1. The Morgan fingerprint density at radius 2 is 1.88 bits per heavy atom. The highest BCUT2D eigenvalue weighted by atomic mass is 35.5. The lowest BCUT2D eigenvalue weighted by Gasteiger charge is -2.35. The number of carbonyl (C=O) groups is 1. The van der Waals surface area contributed by atoms with E-state index in [0.29, 0.717) is 10.8 Å². The lowest BCUT2D eigenvalue weighted by Crippen LogP contribution is -2.44. The molecule has 0 aliphatic carbocycles. The highest BCUT2D eigenvalue weighted by molar-refractivity contribution is 8.00. The van der Waals surface area contributed by atoms with Gasteiger partial charge >= 0.3 is 0 Å². The van der Waals surface area contributed by atoms with Gasteiger partial charge in [0.05, 0.1) is 17.1 Å². The number of hydrogen-bond donors (Lipinski definition) is 1. The van der Waals surface area contributed by atoms with Crippen LogP contribution in [0.5, 0.6) is 0 Å². The van der Waals surface area contributed by atoms with Gasteiger partial charge in [-0.2, -0.15) is 0 Å². The first-order valence-electron chi connectivity index (χ1n) is 8.74. The zero-order valence-electron chi connectivity index (χ0n) is 15.2. The zero-order chi connectivity index (χ0) is 18.5. The van der Waals surface area contributed by atoms with Crippen LogP contribution >= 0.6 is 23.4 Å². The maximum atomic E-state index is 12.5. The van der Waals surface area contributed by atoms with Crippen molar-refractivity contribution in [1.82, 2.24) is 4.90 Å². The van der Waals surface area contributed by atoms with E-state index in [-0.39, 0.29) is 5.91 Å². The lowest BCUT2D eigenvalue weighted by molar-refractivity contribution is -0.113. The molecule has 1 saturated heterocycles. The Labute approximate surface area is 164 Å². The number of rotatable bonds is 5. The third-order valence-electron chi connectivity index (χ3n) is 4.53. The third-order valence-corrected chi connectivity index (χ3v) is 5.94. The van der Waals surface area contributed by atoms with Crippen LogP contribution < -0.4 is 10.2 Å². The molecule has 2 aromatic carbocycles. The molecule has 0 unspecified atom stereocenters. The second kappa shape index (κ2) is 8.80. The summed E-state index contributed by atoms with van der Waals surface area (Å²) in [6, 6.07) is 13.8. The van der Waals surface area contributed by atoms with Crippen LogP contribution in [0.25, 0.3) is 0 Å². The van der Waals surface area contributed by atoms with Gasteiger partial charge in [0.25, 0.3) is 0 Å². The van der Waals surface area contributed by atoms with E-state index in [9.17, 15) is 4.79 Å². The Kier molecular flexibility index (Phi) is 6.46. The normalized spacial score (nSPS) is 15.1. The van der Waals surface area contributed by atoms with Gasteiger partial charge in [-0.15, -0.1) is 11.8 Å². The molecule has 1 N–H and O–H groups in total. The predicted octanol–water partition coefficient (Wildman–Crippen LogP) is 4.13. The molecule has 4 nitrogen and oxygen atoms in total. The van der Waals surface area contributed by atoms with E-state index in [2.05, 4.69) is 35.2 Å². The first kappa shape index (κ1) is 19.1. The predicted molar refractivity (Wildman–Crippen MR) is 112 cm³/mol. The summed E-state index contributed by atoms with van der Waals surface area (Å²) in [6.07, 6.45) is 0. The largest absolute Gasteiger partial charge is 0.367 e. The van der Waals surface area contributed by atoms with Gasteiger partial charge in [0.15, 0.2) is 0 Å².